The second kappa shape index (κ2) is 27.1. The van der Waals surface area contributed by atoms with Crippen molar-refractivity contribution in [2.24, 2.45) is 22.2 Å². The average molecular weight is 1210 g/mol. The Labute approximate surface area is 505 Å². The van der Waals surface area contributed by atoms with E-state index in [2.05, 4.69) is 94.7 Å². The second-order valence-electron chi connectivity index (χ2n) is 23.9. The van der Waals surface area contributed by atoms with Crippen LogP contribution >= 0.6 is 11.6 Å². The molecule has 3 aliphatic rings. The predicted molar refractivity (Wildman–Crippen MR) is 323 cm³/mol. The first-order valence-corrected chi connectivity index (χ1v) is 28.6. The molecule has 9 rings (SSSR count). The van der Waals surface area contributed by atoms with Crippen LogP contribution in [0, 0.1) is 68.9 Å². The second-order valence-corrected chi connectivity index (χ2v) is 24.4. The Balaban J connectivity index is 0.000000240. The number of nitrogens with one attached hydrogen (secondary N) is 6. The third-order valence-electron chi connectivity index (χ3n) is 17.0. The third kappa shape index (κ3) is 16.3. The van der Waals surface area contributed by atoms with E-state index in [1.54, 1.807) is 12.3 Å². The molecule has 86 heavy (non-hydrogen) atoms. The first-order chi connectivity index (χ1) is 40.4. The summed E-state index contributed by atoms with van der Waals surface area (Å²) in [6.45, 7) is 18.3. The van der Waals surface area contributed by atoms with E-state index in [0.29, 0.717) is 92.0 Å². The zero-order valence-electron chi connectivity index (χ0n) is 49.4. The van der Waals surface area contributed by atoms with Gasteiger partial charge in [0.15, 0.2) is 0 Å². The Bertz CT molecular complexity index is 3450. The van der Waals surface area contributed by atoms with Gasteiger partial charge in [0.1, 0.15) is 58.2 Å². The Morgan fingerprint density at radius 3 is 1.38 bits per heavy atom. The minimum Gasteiger partial charge on any atom is -0.392 e. The molecule has 0 spiro atoms. The number of nitriles is 3. The van der Waals surface area contributed by atoms with E-state index in [-0.39, 0.29) is 73.5 Å². The van der Waals surface area contributed by atoms with Crippen molar-refractivity contribution in [3.63, 3.8) is 0 Å². The molecule has 6 atom stereocenters. The molecule has 0 saturated heterocycles. The van der Waals surface area contributed by atoms with Crippen molar-refractivity contribution in [3.05, 3.63) is 140 Å². The molecule has 0 radical (unpaired) electrons. The molecule has 0 aliphatic heterocycles. The van der Waals surface area contributed by atoms with Crippen molar-refractivity contribution in [3.8, 4) is 18.2 Å². The van der Waals surface area contributed by atoms with E-state index >= 15 is 0 Å². The van der Waals surface area contributed by atoms with Crippen molar-refractivity contribution in [2.45, 2.75) is 143 Å². The molecule has 3 aromatic carbocycles. The Morgan fingerprint density at radius 1 is 0.593 bits per heavy atom. The Kier molecular flexibility index (Phi) is 20.7. The lowest BCUT2D eigenvalue weighted by molar-refractivity contribution is -0.137. The van der Waals surface area contributed by atoms with Gasteiger partial charge in [-0.2, -0.15) is 43.9 Å². The molecule has 17 nitrogen and oxygen atoms in total. The SMILES string of the molecule is CC(F)(F)c1cc(CCNc2ncc(C#N)c(N[C@@H]3C[C@H](O)C3(C)C)n2)cc(C(F)(F)F)c1.C[C@H]1C[C@@H](Nc2nc(NCCc3ccc(Cl)cc3)ncc2C#N)C1(C)C.Cc1cc(F)ccc1CCNc1ncc(C#N)c(N[C@@H]2C[C@H](O)C2(C)C)n1.[HH].[HH]. The number of halogens is 7. The Morgan fingerprint density at radius 2 is 1.01 bits per heavy atom. The molecule has 0 bridgehead atoms. The number of aromatic nitrogens is 6. The molecule has 3 saturated carbocycles. The first-order valence-electron chi connectivity index (χ1n) is 28.2. The monoisotopic (exact) mass is 1210 g/mol. The van der Waals surface area contributed by atoms with Gasteiger partial charge in [-0.25, -0.2) is 28.1 Å². The number of nitrogens with zero attached hydrogens (tertiary/aromatic N) is 9. The van der Waals surface area contributed by atoms with Crippen LogP contribution in [0.15, 0.2) is 79.3 Å². The van der Waals surface area contributed by atoms with Gasteiger partial charge in [-0.1, -0.05) is 78.3 Å². The van der Waals surface area contributed by atoms with E-state index in [0.717, 1.165) is 41.1 Å². The molecular formula is C62H76ClF6N15O2. The summed E-state index contributed by atoms with van der Waals surface area (Å²) in [5.41, 5.74) is 1.96. The topological polar surface area (TPSA) is 261 Å². The van der Waals surface area contributed by atoms with Crippen LogP contribution < -0.4 is 31.9 Å². The number of rotatable bonds is 19. The highest BCUT2D eigenvalue weighted by molar-refractivity contribution is 6.30. The number of aryl methyl sites for hydroxylation is 1. The fourth-order valence-electron chi connectivity index (χ4n) is 9.95. The smallest absolute Gasteiger partial charge is 0.392 e. The van der Waals surface area contributed by atoms with Gasteiger partial charge < -0.3 is 42.1 Å². The van der Waals surface area contributed by atoms with Crippen LogP contribution in [0.3, 0.4) is 0 Å². The summed E-state index contributed by atoms with van der Waals surface area (Å²) in [6, 6.07) is 21.4. The Hall–Kier alpha value is -8.04. The first kappa shape index (κ1) is 65.5. The van der Waals surface area contributed by atoms with Crippen molar-refractivity contribution < 1.29 is 39.4 Å². The van der Waals surface area contributed by atoms with Gasteiger partial charge in [-0.3, -0.25) is 0 Å². The van der Waals surface area contributed by atoms with Crippen molar-refractivity contribution in [1.82, 2.24) is 29.9 Å². The summed E-state index contributed by atoms with van der Waals surface area (Å²) in [5, 5.41) is 67.6. The summed E-state index contributed by atoms with van der Waals surface area (Å²) in [7, 11) is 0. The van der Waals surface area contributed by atoms with Crippen molar-refractivity contribution >= 4 is 46.9 Å². The van der Waals surface area contributed by atoms with Crippen LogP contribution in [-0.4, -0.2) is 90.1 Å². The summed E-state index contributed by atoms with van der Waals surface area (Å²) < 4.78 is 79.9. The fourth-order valence-corrected chi connectivity index (χ4v) is 10.1. The van der Waals surface area contributed by atoms with Gasteiger partial charge in [-0.15, -0.1) is 0 Å². The standard InChI is InChI=1S/C22H24F5N5O.C20H24ClN5.C20H24FN5O.2H2/c1-20(2)16(9-17(20)33)31-18-13(10-28)11-30-19(32-18)29-5-4-12-6-14(21(3,23)24)8-15(7-12)22(25,26)27;1-13-10-17(20(13,2)3)25-18-15(11-22)12-24-19(26-18)23-9-8-14-4-6-16(21)7-5-14;1-12-8-15(21)5-4-13(12)6-7-23-19-24-11-14(10-22)18(26-19)25-16-9-17(27)20(16,2)3;;/h6-8,11,16-17,33H,4-5,9H2,1-3H3,(H2,29,30,31,32);4-7,12-13,17H,8-10H2,1-3H3,(H2,23,24,25,26);4-5,8,11,16-17,27H,6-7,9H2,1-3H3,(H2,23,24,25,26);2*1H/t16-,17+;13-,17+;16-,17+;;/m101../s1. The lowest BCUT2D eigenvalue weighted by atomic mass is 9.59. The van der Waals surface area contributed by atoms with Gasteiger partial charge in [-0.05, 0) is 121 Å². The lowest BCUT2D eigenvalue weighted by Crippen LogP contribution is -2.57. The molecule has 3 aromatic heterocycles. The molecule has 6 aromatic rings. The largest absolute Gasteiger partial charge is 0.416 e. The van der Waals surface area contributed by atoms with Crippen LogP contribution in [-0.2, 0) is 31.4 Å². The zero-order valence-corrected chi connectivity index (χ0v) is 50.2. The molecule has 460 valence electrons. The van der Waals surface area contributed by atoms with E-state index in [4.69, 9.17) is 11.6 Å². The third-order valence-corrected chi connectivity index (χ3v) is 17.2. The normalized spacial score (nSPS) is 20.4. The number of anilines is 6. The quantitative estimate of drug-likeness (QED) is 0.0351. The van der Waals surface area contributed by atoms with Crippen LogP contribution in [0.5, 0.6) is 0 Å². The van der Waals surface area contributed by atoms with E-state index in [1.807, 2.05) is 65.0 Å². The van der Waals surface area contributed by atoms with Crippen LogP contribution in [0.4, 0.5) is 61.6 Å². The molecule has 3 aliphatic carbocycles. The highest BCUT2D eigenvalue weighted by Crippen LogP contribution is 2.48. The molecule has 8 N–H and O–H groups in total. The van der Waals surface area contributed by atoms with Gasteiger partial charge in [0.25, 0.3) is 5.92 Å². The summed E-state index contributed by atoms with van der Waals surface area (Å²) in [5.74, 6) is -0.555. The minimum absolute atomic E-state index is 0. The van der Waals surface area contributed by atoms with Crippen molar-refractivity contribution in [1.29, 1.82) is 15.8 Å². The highest BCUT2D eigenvalue weighted by atomic mass is 35.5. The maximum absolute atomic E-state index is 13.7. The number of benzene rings is 3. The van der Waals surface area contributed by atoms with E-state index in [9.17, 15) is 52.3 Å². The molecule has 0 amide bonds. The van der Waals surface area contributed by atoms with Crippen LogP contribution in [0.1, 0.15) is 128 Å². The van der Waals surface area contributed by atoms with Gasteiger partial charge in [0, 0.05) is 69.0 Å². The number of alkyl halides is 5. The van der Waals surface area contributed by atoms with Gasteiger partial charge in [0.2, 0.25) is 17.8 Å². The highest BCUT2D eigenvalue weighted by Gasteiger charge is 2.49. The fraction of sp³-hybridized carbons (Fsp3) is 0.468. The van der Waals surface area contributed by atoms with Crippen molar-refractivity contribution in [2.75, 3.05) is 51.5 Å². The predicted octanol–water partition coefficient (Wildman–Crippen LogP) is 12.7. The summed E-state index contributed by atoms with van der Waals surface area (Å²) in [4.78, 5) is 25.7. The number of aliphatic hydroxyl groups is 2. The maximum Gasteiger partial charge on any atom is 0.416 e. The van der Waals surface area contributed by atoms with E-state index < -0.39 is 34.7 Å². The number of hydrogen-bond donors (Lipinski definition) is 8. The average Bonchev–Trinajstić information content (AvgIpc) is 1.61. The summed E-state index contributed by atoms with van der Waals surface area (Å²) >= 11 is 5.91. The van der Waals surface area contributed by atoms with Gasteiger partial charge >= 0.3 is 6.18 Å². The van der Waals surface area contributed by atoms with Gasteiger partial charge in [0.05, 0.1) is 36.4 Å². The summed E-state index contributed by atoms with van der Waals surface area (Å²) in [6.07, 6.45) is 2.55. The molecule has 3 heterocycles. The minimum atomic E-state index is -4.75. The molecule has 0 unspecified atom stereocenters. The zero-order chi connectivity index (χ0) is 62.9. The molecule has 24 heteroatoms. The molecular weight excluding hydrogens is 1140 g/mol. The van der Waals surface area contributed by atoms with Crippen LogP contribution in [0.25, 0.3) is 0 Å². The van der Waals surface area contributed by atoms with Crippen LogP contribution in [0.2, 0.25) is 5.02 Å². The number of hydrogen-bond acceptors (Lipinski definition) is 17. The molecule has 3 fully saturated rings. The lowest BCUT2D eigenvalue weighted by Gasteiger charge is -2.51. The number of aliphatic hydroxyl groups excluding tert-OH is 2. The maximum atomic E-state index is 13.7. The van der Waals surface area contributed by atoms with E-state index in [1.165, 1.54) is 30.1 Å².